The van der Waals surface area contributed by atoms with Crippen LogP contribution in [0.3, 0.4) is 0 Å². The minimum absolute atomic E-state index is 0.00449. The van der Waals surface area contributed by atoms with Crippen LogP contribution in [0.4, 0.5) is 0 Å². The molecule has 6 heteroatoms. The van der Waals surface area contributed by atoms with Crippen LogP contribution in [0.1, 0.15) is 6.42 Å². The van der Waals surface area contributed by atoms with Crippen molar-refractivity contribution in [1.29, 1.82) is 0 Å². The molecule has 1 rings (SSSR count). The van der Waals surface area contributed by atoms with Gasteiger partial charge in [-0.2, -0.15) is 0 Å². The lowest BCUT2D eigenvalue weighted by Gasteiger charge is -2.07. The molecule has 5 nitrogen and oxygen atoms in total. The molecular weight excluding hydrogens is 256 g/mol. The Morgan fingerprint density at radius 3 is 2.28 bits per heavy atom. The van der Waals surface area contributed by atoms with Crippen LogP contribution in [0.25, 0.3) is 0 Å². The highest BCUT2D eigenvalue weighted by molar-refractivity contribution is 7.91. The Kier molecular flexibility index (Phi) is 5.94. The molecule has 0 aliphatic rings. The first kappa shape index (κ1) is 14.8. The normalized spacial score (nSPS) is 11.2. The van der Waals surface area contributed by atoms with E-state index in [0.717, 1.165) is 5.75 Å². The van der Waals surface area contributed by atoms with Gasteiger partial charge in [0.2, 0.25) is 0 Å². The molecule has 0 fully saturated rings. The van der Waals surface area contributed by atoms with Gasteiger partial charge in [-0.25, -0.2) is 8.42 Å². The highest BCUT2D eigenvalue weighted by Crippen LogP contribution is 2.16. The summed E-state index contributed by atoms with van der Waals surface area (Å²) in [7, 11) is -1.56. The monoisotopic (exact) mass is 274 g/mol. The summed E-state index contributed by atoms with van der Waals surface area (Å²) >= 11 is 0. The Labute approximate surface area is 107 Å². The highest BCUT2D eigenvalue weighted by atomic mass is 32.2. The second kappa shape index (κ2) is 7.23. The van der Waals surface area contributed by atoms with E-state index in [4.69, 9.17) is 14.6 Å². The molecule has 1 aromatic rings. The zero-order valence-electron chi connectivity index (χ0n) is 10.3. The summed E-state index contributed by atoms with van der Waals surface area (Å²) < 4.78 is 33.3. The SMILES string of the molecule is COc1ccc(OCCS(=O)(=O)CCCO)cc1. The average Bonchev–Trinajstić information content (AvgIpc) is 2.37. The van der Waals surface area contributed by atoms with Crippen molar-refractivity contribution < 1.29 is 23.0 Å². The molecule has 0 spiro atoms. The van der Waals surface area contributed by atoms with Crippen molar-refractivity contribution in [2.24, 2.45) is 0 Å². The van der Waals surface area contributed by atoms with Crippen molar-refractivity contribution in [3.8, 4) is 11.5 Å². The Morgan fingerprint density at radius 1 is 1.11 bits per heavy atom. The predicted octanol–water partition coefficient (Wildman–Crippen LogP) is 0.871. The van der Waals surface area contributed by atoms with E-state index in [1.807, 2.05) is 0 Å². The van der Waals surface area contributed by atoms with Crippen LogP contribution >= 0.6 is 0 Å². The van der Waals surface area contributed by atoms with E-state index in [0.29, 0.717) is 5.75 Å². The maximum Gasteiger partial charge on any atom is 0.153 e. The van der Waals surface area contributed by atoms with E-state index in [1.165, 1.54) is 0 Å². The highest BCUT2D eigenvalue weighted by Gasteiger charge is 2.10. The third-order valence-corrected chi connectivity index (χ3v) is 4.04. The average molecular weight is 274 g/mol. The molecular formula is C12H18O5S. The minimum Gasteiger partial charge on any atom is -0.497 e. The first-order chi connectivity index (χ1) is 8.57. The molecule has 0 amide bonds. The van der Waals surface area contributed by atoms with Gasteiger partial charge in [0, 0.05) is 6.61 Å². The summed E-state index contributed by atoms with van der Waals surface area (Å²) in [6.45, 7) is -0.00133. The number of sulfone groups is 1. The smallest absolute Gasteiger partial charge is 0.153 e. The number of methoxy groups -OCH3 is 1. The Balaban J connectivity index is 2.36. The first-order valence-electron chi connectivity index (χ1n) is 5.65. The Bertz CT molecular complexity index is 438. The second-order valence-corrected chi connectivity index (χ2v) is 6.06. The van der Waals surface area contributed by atoms with Gasteiger partial charge in [0.25, 0.3) is 0 Å². The quantitative estimate of drug-likeness (QED) is 0.761. The van der Waals surface area contributed by atoms with Gasteiger partial charge in [-0.3, -0.25) is 0 Å². The van der Waals surface area contributed by atoms with Gasteiger partial charge in [-0.15, -0.1) is 0 Å². The lowest BCUT2D eigenvalue weighted by molar-refractivity contribution is 0.295. The summed E-state index contributed by atoms with van der Waals surface area (Å²) in [5.41, 5.74) is 0. The van der Waals surface area contributed by atoms with E-state index >= 15 is 0 Å². The molecule has 1 aromatic carbocycles. The molecule has 0 heterocycles. The zero-order valence-corrected chi connectivity index (χ0v) is 11.1. The van der Waals surface area contributed by atoms with Gasteiger partial charge in [0.15, 0.2) is 9.84 Å². The largest absolute Gasteiger partial charge is 0.497 e. The summed E-state index contributed by atoms with van der Waals surface area (Å²) in [6, 6.07) is 6.93. The molecule has 18 heavy (non-hydrogen) atoms. The van der Waals surface area contributed by atoms with Gasteiger partial charge >= 0.3 is 0 Å². The lowest BCUT2D eigenvalue weighted by Crippen LogP contribution is -2.17. The number of ether oxygens (including phenoxy) is 2. The molecule has 0 unspecified atom stereocenters. The van der Waals surface area contributed by atoms with E-state index in [-0.39, 0.29) is 31.1 Å². The maximum atomic E-state index is 11.5. The molecule has 102 valence electrons. The molecule has 0 aliphatic heterocycles. The number of hydrogen-bond donors (Lipinski definition) is 1. The standard InChI is InChI=1S/C12H18O5S/c1-16-11-3-5-12(6-4-11)17-8-10-18(14,15)9-2-7-13/h3-6,13H,2,7-10H2,1H3. The molecule has 0 aliphatic carbocycles. The topological polar surface area (TPSA) is 72.8 Å². The number of aliphatic hydroxyl groups excluding tert-OH is 1. The van der Waals surface area contributed by atoms with Crippen molar-refractivity contribution in [3.63, 3.8) is 0 Å². The zero-order chi connectivity index (χ0) is 13.4. The molecule has 0 saturated heterocycles. The number of aliphatic hydroxyl groups is 1. The van der Waals surface area contributed by atoms with E-state index in [9.17, 15) is 8.42 Å². The van der Waals surface area contributed by atoms with E-state index < -0.39 is 9.84 Å². The van der Waals surface area contributed by atoms with Crippen LogP contribution in [0.15, 0.2) is 24.3 Å². The van der Waals surface area contributed by atoms with Crippen LogP contribution < -0.4 is 9.47 Å². The predicted molar refractivity (Wildman–Crippen MR) is 68.8 cm³/mol. The molecule has 0 bridgehead atoms. The fraction of sp³-hybridized carbons (Fsp3) is 0.500. The maximum absolute atomic E-state index is 11.5. The van der Waals surface area contributed by atoms with E-state index in [1.54, 1.807) is 31.4 Å². The molecule has 0 aromatic heterocycles. The van der Waals surface area contributed by atoms with Crippen LogP contribution in [-0.4, -0.2) is 45.4 Å². The van der Waals surface area contributed by atoms with Crippen molar-refractivity contribution >= 4 is 9.84 Å². The fourth-order valence-electron chi connectivity index (χ4n) is 1.34. The van der Waals surface area contributed by atoms with E-state index in [2.05, 4.69) is 0 Å². The summed E-state index contributed by atoms with van der Waals surface area (Å²) in [5, 5.41) is 8.57. The lowest BCUT2D eigenvalue weighted by atomic mass is 10.3. The van der Waals surface area contributed by atoms with Crippen molar-refractivity contribution in [2.75, 3.05) is 31.8 Å². The van der Waals surface area contributed by atoms with Crippen molar-refractivity contribution in [1.82, 2.24) is 0 Å². The second-order valence-electron chi connectivity index (χ2n) is 3.75. The Hall–Kier alpha value is -1.27. The fourth-order valence-corrected chi connectivity index (χ4v) is 2.46. The van der Waals surface area contributed by atoms with Gasteiger partial charge in [0.1, 0.15) is 18.1 Å². The van der Waals surface area contributed by atoms with Crippen molar-refractivity contribution in [3.05, 3.63) is 24.3 Å². The molecule has 0 saturated carbocycles. The van der Waals surface area contributed by atoms with Gasteiger partial charge in [-0.05, 0) is 30.7 Å². The number of benzene rings is 1. The van der Waals surface area contributed by atoms with Crippen LogP contribution in [-0.2, 0) is 9.84 Å². The molecule has 0 atom stereocenters. The number of rotatable bonds is 8. The Morgan fingerprint density at radius 2 is 1.72 bits per heavy atom. The van der Waals surface area contributed by atoms with Crippen molar-refractivity contribution in [2.45, 2.75) is 6.42 Å². The van der Waals surface area contributed by atoms with Gasteiger partial charge in [-0.1, -0.05) is 0 Å². The first-order valence-corrected chi connectivity index (χ1v) is 7.47. The third kappa shape index (κ3) is 5.37. The van der Waals surface area contributed by atoms with Crippen LogP contribution in [0.5, 0.6) is 11.5 Å². The minimum atomic E-state index is -3.14. The van der Waals surface area contributed by atoms with Gasteiger partial charge in [0.05, 0.1) is 18.6 Å². The van der Waals surface area contributed by atoms with Crippen LogP contribution in [0.2, 0.25) is 0 Å². The molecule has 1 N–H and O–H groups in total. The number of hydrogen-bond acceptors (Lipinski definition) is 5. The third-order valence-electron chi connectivity index (χ3n) is 2.34. The van der Waals surface area contributed by atoms with Gasteiger partial charge < -0.3 is 14.6 Å². The molecule has 0 radical (unpaired) electrons. The summed E-state index contributed by atoms with van der Waals surface area (Å²) in [6.07, 6.45) is 0.269. The van der Waals surface area contributed by atoms with Crippen LogP contribution in [0, 0.1) is 0 Å². The summed E-state index contributed by atoms with van der Waals surface area (Å²) in [5.74, 6) is 1.28. The summed E-state index contributed by atoms with van der Waals surface area (Å²) in [4.78, 5) is 0.